The highest BCUT2D eigenvalue weighted by atomic mass is 35.5. The first kappa shape index (κ1) is 16.4. The van der Waals surface area contributed by atoms with Gasteiger partial charge in [-0.25, -0.2) is 4.39 Å². The molecule has 0 aromatic heterocycles. The molecule has 2 nitrogen and oxygen atoms in total. The Labute approximate surface area is 131 Å². The van der Waals surface area contributed by atoms with Gasteiger partial charge in [-0.1, -0.05) is 44.4 Å². The van der Waals surface area contributed by atoms with E-state index in [4.69, 9.17) is 11.6 Å². The number of hydrogen-bond donors (Lipinski definition) is 1. The summed E-state index contributed by atoms with van der Waals surface area (Å²) in [5.41, 5.74) is 0.709. The molecule has 1 aromatic rings. The maximum Gasteiger partial charge on any atom is 0.144 e. The van der Waals surface area contributed by atoms with Crippen molar-refractivity contribution in [2.75, 3.05) is 6.54 Å². The number of benzene rings is 1. The van der Waals surface area contributed by atoms with Gasteiger partial charge in [-0.2, -0.15) is 0 Å². The van der Waals surface area contributed by atoms with Crippen molar-refractivity contribution in [2.24, 2.45) is 5.92 Å². The molecule has 1 N–H and O–H groups in total. The van der Waals surface area contributed by atoms with Crippen LogP contribution in [0, 0.1) is 11.7 Å². The molecule has 0 saturated heterocycles. The number of carbonyl (C=O) groups is 1. The molecule has 0 amide bonds. The average molecular weight is 312 g/mol. The zero-order chi connectivity index (χ0) is 15.4. The molecule has 21 heavy (non-hydrogen) atoms. The fourth-order valence-corrected chi connectivity index (χ4v) is 3.05. The lowest BCUT2D eigenvalue weighted by Gasteiger charge is -2.22. The molecule has 1 saturated carbocycles. The highest BCUT2D eigenvalue weighted by Crippen LogP contribution is 2.25. The number of rotatable bonds is 6. The van der Waals surface area contributed by atoms with Crippen LogP contribution >= 0.6 is 11.6 Å². The Morgan fingerprint density at radius 3 is 2.62 bits per heavy atom. The molecule has 1 atom stereocenters. The summed E-state index contributed by atoms with van der Waals surface area (Å²) in [5.74, 6) is -0.699. The van der Waals surface area contributed by atoms with Crippen molar-refractivity contribution in [3.63, 3.8) is 0 Å². The molecule has 1 fully saturated rings. The molecule has 2 rings (SSSR count). The minimum absolute atomic E-state index is 0.0703. The van der Waals surface area contributed by atoms with Crippen molar-refractivity contribution in [3.05, 3.63) is 34.6 Å². The molecule has 0 bridgehead atoms. The standard InChI is InChI=1S/C17H23ClFNO/c1-11(2)17(21)14(10-20-13-5-3-4-6-13)12-7-8-15(18)16(19)9-12/h7-9,11,13-14,20H,3-6,10H2,1-2H3/t14-/m1/s1. The van der Waals surface area contributed by atoms with Crippen LogP contribution in [0.1, 0.15) is 51.0 Å². The predicted octanol–water partition coefficient (Wildman–Crippen LogP) is 4.32. The summed E-state index contributed by atoms with van der Waals surface area (Å²) in [5, 5.41) is 3.57. The van der Waals surface area contributed by atoms with Crippen molar-refractivity contribution >= 4 is 17.4 Å². The molecular weight excluding hydrogens is 289 g/mol. The van der Waals surface area contributed by atoms with Gasteiger partial charge in [-0.05, 0) is 30.5 Å². The molecule has 116 valence electrons. The summed E-state index contributed by atoms with van der Waals surface area (Å²) >= 11 is 5.73. The number of halogens is 2. The number of hydrogen-bond acceptors (Lipinski definition) is 2. The quantitative estimate of drug-likeness (QED) is 0.847. The lowest BCUT2D eigenvalue weighted by molar-refractivity contribution is -0.123. The lowest BCUT2D eigenvalue weighted by atomic mass is 9.88. The predicted molar refractivity (Wildman–Crippen MR) is 84.3 cm³/mol. The maximum absolute atomic E-state index is 13.7. The SMILES string of the molecule is CC(C)C(=O)[C@H](CNC1CCCC1)c1ccc(Cl)c(F)c1. The van der Waals surface area contributed by atoms with E-state index in [1.807, 2.05) is 13.8 Å². The van der Waals surface area contributed by atoms with Gasteiger partial charge in [-0.3, -0.25) is 4.79 Å². The Kier molecular flexibility index (Phi) is 5.77. The van der Waals surface area contributed by atoms with Crippen LogP contribution in [0.4, 0.5) is 4.39 Å². The van der Waals surface area contributed by atoms with Crippen molar-refractivity contribution in [1.29, 1.82) is 0 Å². The van der Waals surface area contributed by atoms with Crippen LogP contribution < -0.4 is 5.32 Å². The van der Waals surface area contributed by atoms with Gasteiger partial charge in [0.1, 0.15) is 11.6 Å². The van der Waals surface area contributed by atoms with E-state index in [9.17, 15) is 9.18 Å². The first-order valence-electron chi connectivity index (χ1n) is 7.71. The molecule has 0 spiro atoms. The van der Waals surface area contributed by atoms with E-state index in [0.717, 1.165) is 12.8 Å². The molecule has 1 aliphatic carbocycles. The average Bonchev–Trinajstić information content (AvgIpc) is 2.95. The minimum atomic E-state index is -0.461. The normalized spacial score (nSPS) is 17.4. The fraction of sp³-hybridized carbons (Fsp3) is 0.588. The third-order valence-corrected chi connectivity index (χ3v) is 4.53. The van der Waals surface area contributed by atoms with Gasteiger partial charge in [0, 0.05) is 18.5 Å². The van der Waals surface area contributed by atoms with E-state index in [-0.39, 0.29) is 22.6 Å². The summed E-state index contributed by atoms with van der Waals surface area (Å²) in [6.45, 7) is 4.34. The zero-order valence-electron chi connectivity index (χ0n) is 12.7. The third kappa shape index (κ3) is 4.27. The number of ketones is 1. The summed E-state index contributed by atoms with van der Waals surface area (Å²) in [7, 11) is 0. The van der Waals surface area contributed by atoms with E-state index < -0.39 is 5.82 Å². The minimum Gasteiger partial charge on any atom is -0.313 e. The van der Waals surface area contributed by atoms with E-state index in [0.29, 0.717) is 18.2 Å². The third-order valence-electron chi connectivity index (χ3n) is 4.22. The van der Waals surface area contributed by atoms with Crippen molar-refractivity contribution in [3.8, 4) is 0 Å². The van der Waals surface area contributed by atoms with Gasteiger partial charge in [0.25, 0.3) is 0 Å². The van der Waals surface area contributed by atoms with Gasteiger partial charge in [0.2, 0.25) is 0 Å². The van der Waals surface area contributed by atoms with Crippen molar-refractivity contribution in [2.45, 2.75) is 51.5 Å². The van der Waals surface area contributed by atoms with Crippen LogP contribution in [-0.2, 0) is 4.79 Å². The fourth-order valence-electron chi connectivity index (χ4n) is 2.93. The van der Waals surface area contributed by atoms with Gasteiger partial charge >= 0.3 is 0 Å². The molecule has 4 heteroatoms. The van der Waals surface area contributed by atoms with Crippen LogP contribution in [0.25, 0.3) is 0 Å². The van der Waals surface area contributed by atoms with Crippen LogP contribution in [0.2, 0.25) is 5.02 Å². The van der Waals surface area contributed by atoms with Crippen LogP contribution in [0.15, 0.2) is 18.2 Å². The number of nitrogens with one attached hydrogen (secondary N) is 1. The smallest absolute Gasteiger partial charge is 0.144 e. The second kappa shape index (κ2) is 7.37. The van der Waals surface area contributed by atoms with E-state index in [1.165, 1.54) is 25.0 Å². The van der Waals surface area contributed by atoms with Gasteiger partial charge < -0.3 is 5.32 Å². The second-order valence-corrected chi connectivity index (χ2v) is 6.58. The molecule has 1 aliphatic rings. The Morgan fingerprint density at radius 2 is 2.05 bits per heavy atom. The molecule has 0 aliphatic heterocycles. The van der Waals surface area contributed by atoms with E-state index in [1.54, 1.807) is 6.07 Å². The zero-order valence-corrected chi connectivity index (χ0v) is 13.4. The van der Waals surface area contributed by atoms with E-state index >= 15 is 0 Å². The van der Waals surface area contributed by atoms with Crippen molar-refractivity contribution < 1.29 is 9.18 Å². The van der Waals surface area contributed by atoms with Crippen molar-refractivity contribution in [1.82, 2.24) is 5.32 Å². The van der Waals surface area contributed by atoms with Crippen LogP contribution in [-0.4, -0.2) is 18.4 Å². The largest absolute Gasteiger partial charge is 0.313 e. The summed E-state index contributed by atoms with van der Waals surface area (Å²) in [4.78, 5) is 12.4. The highest BCUT2D eigenvalue weighted by molar-refractivity contribution is 6.30. The monoisotopic (exact) mass is 311 g/mol. The molecular formula is C17H23ClFNO. The maximum atomic E-state index is 13.7. The first-order valence-corrected chi connectivity index (χ1v) is 8.09. The second-order valence-electron chi connectivity index (χ2n) is 6.17. The number of Topliss-reactive ketones (excluding diaryl/α,β-unsaturated/α-hetero) is 1. The molecule has 1 aromatic carbocycles. The Bertz CT molecular complexity index is 498. The van der Waals surface area contributed by atoms with Gasteiger partial charge in [0.15, 0.2) is 0 Å². The lowest BCUT2D eigenvalue weighted by Crippen LogP contribution is -2.34. The topological polar surface area (TPSA) is 29.1 Å². The van der Waals surface area contributed by atoms with Gasteiger partial charge in [0.05, 0.1) is 10.9 Å². The summed E-state index contributed by atoms with van der Waals surface area (Å²) in [6.07, 6.45) is 4.82. The van der Waals surface area contributed by atoms with Crippen LogP contribution in [0.5, 0.6) is 0 Å². The Morgan fingerprint density at radius 1 is 1.38 bits per heavy atom. The highest BCUT2D eigenvalue weighted by Gasteiger charge is 2.25. The molecule has 0 heterocycles. The van der Waals surface area contributed by atoms with Crippen LogP contribution in [0.3, 0.4) is 0 Å². The van der Waals surface area contributed by atoms with Gasteiger partial charge in [-0.15, -0.1) is 0 Å². The number of carbonyl (C=O) groups excluding carboxylic acids is 1. The molecule has 0 unspecified atom stereocenters. The summed E-state index contributed by atoms with van der Waals surface area (Å²) in [6, 6.07) is 5.17. The Balaban J connectivity index is 2.14. The summed E-state index contributed by atoms with van der Waals surface area (Å²) < 4.78 is 13.7. The Hall–Kier alpha value is -0.930. The first-order chi connectivity index (χ1) is 9.99. The molecule has 0 radical (unpaired) electrons. The van der Waals surface area contributed by atoms with E-state index in [2.05, 4.69) is 5.32 Å².